The number of carbonyl (C=O) groups is 1. The van der Waals surface area contributed by atoms with Gasteiger partial charge in [0.1, 0.15) is 0 Å². The summed E-state index contributed by atoms with van der Waals surface area (Å²) in [6, 6.07) is -0.637. The first-order valence-corrected chi connectivity index (χ1v) is 4.85. The molecule has 0 radical (unpaired) electrons. The highest BCUT2D eigenvalue weighted by atomic mass is 16.6. The van der Waals surface area contributed by atoms with Gasteiger partial charge in [0.05, 0.1) is 12.6 Å². The van der Waals surface area contributed by atoms with Crippen molar-refractivity contribution in [2.24, 2.45) is 5.92 Å². The molecule has 0 bridgehead atoms. The molecule has 5 heteroatoms. The smallest absolute Gasteiger partial charge is 0.368 e. The molecular formula is C9H17NO4. The van der Waals surface area contributed by atoms with Crippen LogP contribution in [0.1, 0.15) is 20.3 Å². The number of esters is 1. The van der Waals surface area contributed by atoms with Crippen molar-refractivity contribution >= 4 is 5.97 Å². The summed E-state index contributed by atoms with van der Waals surface area (Å²) in [4.78, 5) is 11.2. The maximum atomic E-state index is 11.2. The Hall–Kier alpha value is -0.650. The van der Waals surface area contributed by atoms with Gasteiger partial charge < -0.3 is 20.3 Å². The number of aliphatic hydroxyl groups is 2. The van der Waals surface area contributed by atoms with Crippen LogP contribution in [0.15, 0.2) is 0 Å². The van der Waals surface area contributed by atoms with E-state index in [0.29, 0.717) is 6.54 Å². The van der Waals surface area contributed by atoms with E-state index in [4.69, 9.17) is 0 Å². The number of ether oxygens (including phenoxy) is 1. The molecule has 1 heterocycles. The van der Waals surface area contributed by atoms with Gasteiger partial charge in [-0.15, -0.1) is 0 Å². The van der Waals surface area contributed by atoms with Gasteiger partial charge in [-0.2, -0.15) is 0 Å². The molecule has 2 unspecified atom stereocenters. The highest BCUT2D eigenvalue weighted by Crippen LogP contribution is 2.23. The van der Waals surface area contributed by atoms with Gasteiger partial charge in [0.2, 0.25) is 0 Å². The quantitative estimate of drug-likeness (QED) is 0.414. The molecule has 82 valence electrons. The van der Waals surface area contributed by atoms with Crippen LogP contribution in [0.4, 0.5) is 0 Å². The first-order chi connectivity index (χ1) is 6.50. The van der Waals surface area contributed by atoms with Gasteiger partial charge in [0.25, 0.3) is 5.79 Å². The van der Waals surface area contributed by atoms with Crippen LogP contribution in [-0.4, -0.2) is 41.2 Å². The molecular weight excluding hydrogens is 186 g/mol. The third-order valence-electron chi connectivity index (χ3n) is 2.54. The molecule has 0 aromatic carbocycles. The Morgan fingerprint density at radius 2 is 2.29 bits per heavy atom. The summed E-state index contributed by atoms with van der Waals surface area (Å²) < 4.78 is 4.59. The summed E-state index contributed by atoms with van der Waals surface area (Å²) >= 11 is 0. The van der Waals surface area contributed by atoms with Gasteiger partial charge >= 0.3 is 5.97 Å². The van der Waals surface area contributed by atoms with E-state index in [9.17, 15) is 15.0 Å². The summed E-state index contributed by atoms with van der Waals surface area (Å²) in [6.07, 6.45) is 0.826. The molecule has 1 fully saturated rings. The molecule has 0 saturated carbocycles. The van der Waals surface area contributed by atoms with E-state index < -0.39 is 17.8 Å². The van der Waals surface area contributed by atoms with Crippen molar-refractivity contribution in [3.8, 4) is 0 Å². The minimum Gasteiger partial charge on any atom is -0.462 e. The van der Waals surface area contributed by atoms with E-state index in [0.717, 1.165) is 6.42 Å². The molecule has 0 aromatic heterocycles. The summed E-state index contributed by atoms with van der Waals surface area (Å²) in [5, 5.41) is 22.1. The Morgan fingerprint density at radius 3 is 2.71 bits per heavy atom. The van der Waals surface area contributed by atoms with E-state index in [2.05, 4.69) is 10.1 Å². The van der Waals surface area contributed by atoms with Crippen LogP contribution in [0.25, 0.3) is 0 Å². The van der Waals surface area contributed by atoms with E-state index >= 15 is 0 Å². The first-order valence-electron chi connectivity index (χ1n) is 4.85. The summed E-state index contributed by atoms with van der Waals surface area (Å²) in [6.45, 7) is 4.32. The minimum atomic E-state index is -2.41. The maximum Gasteiger partial charge on any atom is 0.368 e. The number of hydrogen-bond acceptors (Lipinski definition) is 5. The fourth-order valence-electron chi connectivity index (χ4n) is 1.74. The zero-order valence-electron chi connectivity index (χ0n) is 8.49. The van der Waals surface area contributed by atoms with Gasteiger partial charge in [-0.05, 0) is 25.8 Å². The SMILES string of the molecule is CCOC(=O)C(O)(O)C1NCCC1C. The second-order valence-corrected chi connectivity index (χ2v) is 3.64. The molecule has 1 aliphatic heterocycles. The van der Waals surface area contributed by atoms with Gasteiger partial charge in [-0.25, -0.2) is 4.79 Å². The third-order valence-corrected chi connectivity index (χ3v) is 2.54. The van der Waals surface area contributed by atoms with Crippen molar-refractivity contribution in [3.63, 3.8) is 0 Å². The van der Waals surface area contributed by atoms with Gasteiger partial charge in [-0.3, -0.25) is 0 Å². The van der Waals surface area contributed by atoms with Crippen LogP contribution >= 0.6 is 0 Å². The fourth-order valence-corrected chi connectivity index (χ4v) is 1.74. The van der Waals surface area contributed by atoms with Crippen molar-refractivity contribution in [3.05, 3.63) is 0 Å². The Morgan fingerprint density at radius 1 is 1.64 bits per heavy atom. The Balaban J connectivity index is 2.67. The average Bonchev–Trinajstić information content (AvgIpc) is 2.52. The van der Waals surface area contributed by atoms with Crippen LogP contribution < -0.4 is 5.32 Å². The molecule has 1 saturated heterocycles. The lowest BCUT2D eigenvalue weighted by Gasteiger charge is -2.28. The number of nitrogens with one attached hydrogen (secondary N) is 1. The number of carbonyl (C=O) groups excluding carboxylic acids is 1. The van der Waals surface area contributed by atoms with E-state index in [1.807, 2.05) is 6.92 Å². The van der Waals surface area contributed by atoms with Crippen molar-refractivity contribution in [1.29, 1.82) is 0 Å². The molecule has 0 aromatic rings. The van der Waals surface area contributed by atoms with Crippen LogP contribution in [0, 0.1) is 5.92 Å². The second-order valence-electron chi connectivity index (χ2n) is 3.64. The second kappa shape index (κ2) is 4.25. The lowest BCUT2D eigenvalue weighted by atomic mass is 9.95. The predicted octanol–water partition coefficient (Wildman–Crippen LogP) is -0.772. The van der Waals surface area contributed by atoms with Crippen LogP contribution in [-0.2, 0) is 9.53 Å². The highest BCUT2D eigenvalue weighted by Gasteiger charge is 2.48. The van der Waals surface area contributed by atoms with Gasteiger partial charge in [0, 0.05) is 0 Å². The van der Waals surface area contributed by atoms with Crippen LogP contribution in [0.2, 0.25) is 0 Å². The van der Waals surface area contributed by atoms with Crippen molar-refractivity contribution in [2.75, 3.05) is 13.2 Å². The topological polar surface area (TPSA) is 78.8 Å². The van der Waals surface area contributed by atoms with E-state index in [-0.39, 0.29) is 12.5 Å². The monoisotopic (exact) mass is 203 g/mol. The first kappa shape index (κ1) is 11.4. The lowest BCUT2D eigenvalue weighted by Crippen LogP contribution is -2.56. The molecule has 3 N–H and O–H groups in total. The molecule has 0 amide bonds. The zero-order chi connectivity index (χ0) is 10.8. The van der Waals surface area contributed by atoms with Crippen LogP contribution in [0.3, 0.4) is 0 Å². The molecule has 0 spiro atoms. The summed E-state index contributed by atoms with van der Waals surface area (Å²) in [5.74, 6) is -3.34. The molecule has 14 heavy (non-hydrogen) atoms. The lowest BCUT2D eigenvalue weighted by molar-refractivity contribution is -0.220. The van der Waals surface area contributed by atoms with E-state index in [1.165, 1.54) is 0 Å². The third kappa shape index (κ3) is 2.05. The van der Waals surface area contributed by atoms with Crippen molar-refractivity contribution < 1.29 is 19.7 Å². The predicted molar refractivity (Wildman–Crippen MR) is 49.4 cm³/mol. The minimum absolute atomic E-state index is 0.0504. The normalized spacial score (nSPS) is 27.7. The maximum absolute atomic E-state index is 11.2. The molecule has 0 aliphatic carbocycles. The Kier molecular flexibility index (Phi) is 3.47. The fraction of sp³-hybridized carbons (Fsp3) is 0.889. The molecule has 1 aliphatic rings. The highest BCUT2D eigenvalue weighted by molar-refractivity contribution is 5.78. The van der Waals surface area contributed by atoms with Crippen molar-refractivity contribution in [1.82, 2.24) is 5.32 Å². The van der Waals surface area contributed by atoms with Gasteiger partial charge in [-0.1, -0.05) is 6.92 Å². The largest absolute Gasteiger partial charge is 0.462 e. The van der Waals surface area contributed by atoms with Crippen LogP contribution in [0.5, 0.6) is 0 Å². The summed E-state index contributed by atoms with van der Waals surface area (Å²) in [7, 11) is 0. The molecule has 5 nitrogen and oxygen atoms in total. The van der Waals surface area contributed by atoms with E-state index in [1.54, 1.807) is 6.92 Å². The molecule has 1 rings (SSSR count). The Bertz CT molecular complexity index is 217. The number of hydrogen-bond donors (Lipinski definition) is 3. The number of rotatable bonds is 3. The molecule has 2 atom stereocenters. The Labute approximate surface area is 83.1 Å². The standard InChI is InChI=1S/C9H17NO4/c1-3-14-8(11)9(12,13)7-6(2)4-5-10-7/h6-7,10,12-13H,3-5H2,1-2H3. The average molecular weight is 203 g/mol. The zero-order valence-corrected chi connectivity index (χ0v) is 8.49. The van der Waals surface area contributed by atoms with Gasteiger partial charge in [0.15, 0.2) is 0 Å². The van der Waals surface area contributed by atoms with Crippen molar-refractivity contribution in [2.45, 2.75) is 32.1 Å². The summed E-state index contributed by atoms with van der Waals surface area (Å²) in [5.41, 5.74) is 0.